The molecule has 1 aromatic rings. The summed E-state index contributed by atoms with van der Waals surface area (Å²) in [5.41, 5.74) is 1.19. The zero-order valence-corrected chi connectivity index (χ0v) is 14.0. The Kier molecular flexibility index (Phi) is 7.14. The topological polar surface area (TPSA) is 67.4 Å². The molecule has 0 radical (unpaired) electrons. The Bertz CT molecular complexity index is 512. The van der Waals surface area contributed by atoms with Crippen LogP contribution in [-0.4, -0.2) is 39.9 Å². The van der Waals surface area contributed by atoms with Gasteiger partial charge in [-0.2, -0.15) is 0 Å². The summed E-state index contributed by atoms with van der Waals surface area (Å²) < 4.78 is 31.1. The van der Waals surface area contributed by atoms with E-state index in [4.69, 9.17) is 4.74 Å². The van der Waals surface area contributed by atoms with Gasteiger partial charge in [0.15, 0.2) is 0 Å². The standard InChI is InChI=1S/C15H26N2O3S/c1-12(2)17-21(18,19)10-9-16-13(3)11-14-5-7-15(20-4)8-6-14/h5-8,12-13,16-17H,9-11H2,1-4H3/t13-/m1/s1. The molecule has 0 saturated heterocycles. The van der Waals surface area contributed by atoms with Crippen LogP contribution in [0.1, 0.15) is 26.3 Å². The van der Waals surface area contributed by atoms with Crippen molar-refractivity contribution in [2.24, 2.45) is 0 Å². The second kappa shape index (κ2) is 8.36. The maximum absolute atomic E-state index is 11.7. The molecule has 0 spiro atoms. The van der Waals surface area contributed by atoms with Crippen molar-refractivity contribution >= 4 is 10.0 Å². The summed E-state index contributed by atoms with van der Waals surface area (Å²) in [6.07, 6.45) is 0.849. The van der Waals surface area contributed by atoms with Gasteiger partial charge < -0.3 is 10.1 Å². The summed E-state index contributed by atoms with van der Waals surface area (Å²) in [7, 11) is -1.54. The van der Waals surface area contributed by atoms with E-state index in [1.807, 2.05) is 45.0 Å². The Balaban J connectivity index is 2.35. The molecule has 5 nitrogen and oxygen atoms in total. The van der Waals surface area contributed by atoms with Crippen LogP contribution in [0.25, 0.3) is 0 Å². The van der Waals surface area contributed by atoms with Gasteiger partial charge in [0.05, 0.1) is 12.9 Å². The van der Waals surface area contributed by atoms with E-state index in [1.165, 1.54) is 5.56 Å². The van der Waals surface area contributed by atoms with Crippen molar-refractivity contribution in [3.63, 3.8) is 0 Å². The Morgan fingerprint density at radius 2 is 1.76 bits per heavy atom. The predicted octanol–water partition coefficient (Wildman–Crippen LogP) is 1.54. The molecule has 0 amide bonds. The van der Waals surface area contributed by atoms with Crippen molar-refractivity contribution in [3.05, 3.63) is 29.8 Å². The fraction of sp³-hybridized carbons (Fsp3) is 0.600. The van der Waals surface area contributed by atoms with E-state index in [9.17, 15) is 8.42 Å². The molecule has 0 heterocycles. The molecule has 0 saturated carbocycles. The Labute approximate surface area is 128 Å². The molecular weight excluding hydrogens is 288 g/mol. The highest BCUT2D eigenvalue weighted by atomic mass is 32.2. The lowest BCUT2D eigenvalue weighted by Gasteiger charge is -2.15. The first-order chi connectivity index (χ1) is 9.82. The Morgan fingerprint density at radius 1 is 1.14 bits per heavy atom. The fourth-order valence-electron chi connectivity index (χ4n) is 2.05. The van der Waals surface area contributed by atoms with E-state index in [0.29, 0.717) is 6.54 Å². The summed E-state index contributed by atoms with van der Waals surface area (Å²) >= 11 is 0. The predicted molar refractivity (Wildman–Crippen MR) is 86.2 cm³/mol. The number of nitrogens with one attached hydrogen (secondary N) is 2. The van der Waals surface area contributed by atoms with E-state index >= 15 is 0 Å². The van der Waals surface area contributed by atoms with Crippen LogP contribution in [0.15, 0.2) is 24.3 Å². The molecule has 0 aliphatic carbocycles. The number of rotatable bonds is 9. The summed E-state index contributed by atoms with van der Waals surface area (Å²) in [6.45, 7) is 6.13. The third-order valence-corrected chi connectivity index (χ3v) is 4.55. The van der Waals surface area contributed by atoms with Gasteiger partial charge in [0.25, 0.3) is 0 Å². The molecule has 0 unspecified atom stereocenters. The van der Waals surface area contributed by atoms with Crippen LogP contribution in [-0.2, 0) is 16.4 Å². The van der Waals surface area contributed by atoms with Crippen LogP contribution in [0.2, 0.25) is 0 Å². The largest absolute Gasteiger partial charge is 0.497 e. The van der Waals surface area contributed by atoms with Gasteiger partial charge in [-0.15, -0.1) is 0 Å². The van der Waals surface area contributed by atoms with Gasteiger partial charge in [0.1, 0.15) is 5.75 Å². The molecule has 6 heteroatoms. The highest BCUT2D eigenvalue weighted by molar-refractivity contribution is 7.89. The van der Waals surface area contributed by atoms with Gasteiger partial charge in [0, 0.05) is 18.6 Å². The van der Waals surface area contributed by atoms with E-state index in [2.05, 4.69) is 10.0 Å². The molecule has 1 atom stereocenters. The first kappa shape index (κ1) is 17.9. The van der Waals surface area contributed by atoms with Crippen molar-refractivity contribution < 1.29 is 13.2 Å². The average molecular weight is 314 g/mol. The van der Waals surface area contributed by atoms with E-state index in [-0.39, 0.29) is 17.8 Å². The highest BCUT2D eigenvalue weighted by Crippen LogP contribution is 2.12. The van der Waals surface area contributed by atoms with Crippen molar-refractivity contribution in [1.29, 1.82) is 0 Å². The van der Waals surface area contributed by atoms with Gasteiger partial charge in [-0.3, -0.25) is 0 Å². The molecule has 2 N–H and O–H groups in total. The van der Waals surface area contributed by atoms with E-state index in [1.54, 1.807) is 7.11 Å². The zero-order valence-electron chi connectivity index (χ0n) is 13.2. The first-order valence-corrected chi connectivity index (χ1v) is 8.84. The Hall–Kier alpha value is -1.11. The van der Waals surface area contributed by atoms with Crippen LogP contribution < -0.4 is 14.8 Å². The van der Waals surface area contributed by atoms with E-state index < -0.39 is 10.0 Å². The molecule has 1 aromatic carbocycles. The second-order valence-corrected chi connectivity index (χ2v) is 7.37. The third-order valence-electron chi connectivity index (χ3n) is 2.98. The van der Waals surface area contributed by atoms with Crippen molar-refractivity contribution in [3.8, 4) is 5.75 Å². The van der Waals surface area contributed by atoms with Crippen molar-refractivity contribution in [2.75, 3.05) is 19.4 Å². The molecule has 1 rings (SSSR count). The maximum Gasteiger partial charge on any atom is 0.213 e. The zero-order chi connectivity index (χ0) is 15.9. The molecule has 0 aromatic heterocycles. The monoisotopic (exact) mass is 314 g/mol. The molecule has 0 aliphatic rings. The van der Waals surface area contributed by atoms with Gasteiger partial charge in [-0.25, -0.2) is 13.1 Å². The van der Waals surface area contributed by atoms with Gasteiger partial charge in [-0.1, -0.05) is 12.1 Å². The lowest BCUT2D eigenvalue weighted by atomic mass is 10.1. The summed E-state index contributed by atoms with van der Waals surface area (Å²) in [6, 6.07) is 8.06. The fourth-order valence-corrected chi connectivity index (χ4v) is 3.27. The number of hydrogen-bond acceptors (Lipinski definition) is 4. The van der Waals surface area contributed by atoms with Crippen LogP contribution in [0.3, 0.4) is 0 Å². The minimum atomic E-state index is -3.19. The molecule has 0 aliphatic heterocycles. The van der Waals surface area contributed by atoms with Crippen LogP contribution in [0.5, 0.6) is 5.75 Å². The molecule has 21 heavy (non-hydrogen) atoms. The smallest absolute Gasteiger partial charge is 0.213 e. The minimum Gasteiger partial charge on any atom is -0.497 e. The number of benzene rings is 1. The van der Waals surface area contributed by atoms with Crippen molar-refractivity contribution in [1.82, 2.24) is 10.0 Å². The Morgan fingerprint density at radius 3 is 2.29 bits per heavy atom. The van der Waals surface area contributed by atoms with Crippen LogP contribution in [0, 0.1) is 0 Å². The van der Waals surface area contributed by atoms with Gasteiger partial charge in [0.2, 0.25) is 10.0 Å². The number of methoxy groups -OCH3 is 1. The van der Waals surface area contributed by atoms with Crippen molar-refractivity contribution in [2.45, 2.75) is 39.3 Å². The number of ether oxygens (including phenoxy) is 1. The molecule has 120 valence electrons. The first-order valence-electron chi connectivity index (χ1n) is 7.18. The maximum atomic E-state index is 11.7. The van der Waals surface area contributed by atoms with Crippen LogP contribution >= 0.6 is 0 Å². The molecule has 0 bridgehead atoms. The third kappa shape index (κ3) is 7.45. The molecule has 0 fully saturated rings. The van der Waals surface area contributed by atoms with Crippen LogP contribution in [0.4, 0.5) is 0 Å². The SMILES string of the molecule is COc1ccc(C[C@@H](C)NCCS(=O)(=O)NC(C)C)cc1. The summed E-state index contributed by atoms with van der Waals surface area (Å²) in [5.74, 6) is 0.934. The summed E-state index contributed by atoms with van der Waals surface area (Å²) in [5, 5.41) is 3.24. The quantitative estimate of drug-likeness (QED) is 0.725. The van der Waals surface area contributed by atoms with E-state index in [0.717, 1.165) is 12.2 Å². The lowest BCUT2D eigenvalue weighted by Crippen LogP contribution is -2.38. The molecular formula is C15H26N2O3S. The highest BCUT2D eigenvalue weighted by Gasteiger charge is 2.12. The second-order valence-electron chi connectivity index (χ2n) is 5.50. The normalized spacial score (nSPS) is 13.4. The number of hydrogen-bond donors (Lipinski definition) is 2. The minimum absolute atomic E-state index is 0.0632. The lowest BCUT2D eigenvalue weighted by molar-refractivity contribution is 0.414. The average Bonchev–Trinajstić information content (AvgIpc) is 2.37. The van der Waals surface area contributed by atoms with Gasteiger partial charge >= 0.3 is 0 Å². The number of sulfonamides is 1. The van der Waals surface area contributed by atoms with Gasteiger partial charge in [-0.05, 0) is 44.9 Å². The summed E-state index contributed by atoms with van der Waals surface area (Å²) in [4.78, 5) is 0.